The summed E-state index contributed by atoms with van der Waals surface area (Å²) in [6, 6.07) is -0.583. The molecular weight excluding hydrogens is 317 g/mol. The zero-order valence-electron chi connectivity index (χ0n) is 14.3. The first kappa shape index (κ1) is 18.9. The van der Waals surface area contributed by atoms with Crippen LogP contribution in [0, 0.1) is 16.0 Å². The summed E-state index contributed by atoms with van der Waals surface area (Å²) in [4.78, 5) is 11.1. The lowest BCUT2D eigenvalue weighted by molar-refractivity contribution is -0.537. The van der Waals surface area contributed by atoms with E-state index in [1.807, 2.05) is 13.8 Å². The quantitative estimate of drug-likeness (QED) is 0.376. The van der Waals surface area contributed by atoms with Gasteiger partial charge in [-0.3, -0.25) is 14.7 Å². The normalized spacial score (nSPS) is 30.5. The van der Waals surface area contributed by atoms with Gasteiger partial charge in [-0.25, -0.2) is 0 Å². The summed E-state index contributed by atoms with van der Waals surface area (Å²) in [7, 11) is -3.20. The fourth-order valence-corrected chi connectivity index (χ4v) is 6.48. The Morgan fingerprint density at radius 1 is 1.13 bits per heavy atom. The summed E-state index contributed by atoms with van der Waals surface area (Å²) in [5.41, 5.74) is -0.0451. The van der Waals surface area contributed by atoms with Crippen LogP contribution in [0.1, 0.15) is 71.6 Å². The Labute approximate surface area is 139 Å². The van der Waals surface area contributed by atoms with Crippen molar-refractivity contribution in [2.24, 2.45) is 5.92 Å². The monoisotopic (exact) mass is 347 g/mol. The predicted molar refractivity (Wildman–Crippen MR) is 89.4 cm³/mol. The van der Waals surface area contributed by atoms with Crippen molar-refractivity contribution in [1.29, 1.82) is 0 Å². The molecule has 2 rings (SSSR count). The van der Waals surface area contributed by atoms with E-state index >= 15 is 0 Å². The minimum atomic E-state index is -3.20. The predicted octanol–water partition coefficient (Wildman–Crippen LogP) is 4.79. The Morgan fingerprint density at radius 2 is 1.74 bits per heavy atom. The molecule has 2 aliphatic rings. The van der Waals surface area contributed by atoms with Gasteiger partial charge in [0.25, 0.3) is 0 Å². The molecule has 134 valence electrons. The first-order valence-corrected chi connectivity index (χ1v) is 10.6. The van der Waals surface area contributed by atoms with E-state index in [0.29, 0.717) is 13.0 Å². The van der Waals surface area contributed by atoms with Crippen molar-refractivity contribution in [1.82, 2.24) is 0 Å². The second kappa shape index (κ2) is 8.59. The molecule has 0 aromatic heterocycles. The Morgan fingerprint density at radius 3 is 2.35 bits per heavy atom. The van der Waals surface area contributed by atoms with Gasteiger partial charge in [0.15, 0.2) is 0 Å². The topological polar surface area (TPSA) is 78.7 Å². The largest absolute Gasteiger partial charge is 0.333 e. The van der Waals surface area contributed by atoms with Crippen LogP contribution in [0.5, 0.6) is 0 Å². The third-order valence-electron chi connectivity index (χ3n) is 5.30. The molecule has 0 N–H and O–H groups in total. The van der Waals surface area contributed by atoms with Crippen LogP contribution >= 0.6 is 7.60 Å². The molecule has 2 saturated carbocycles. The summed E-state index contributed by atoms with van der Waals surface area (Å²) in [6.45, 7) is 4.01. The van der Waals surface area contributed by atoms with Crippen molar-refractivity contribution in [3.05, 3.63) is 10.1 Å². The Bertz CT molecular complexity index is 438. The molecule has 23 heavy (non-hydrogen) atoms. The van der Waals surface area contributed by atoms with Crippen LogP contribution in [0.25, 0.3) is 0 Å². The van der Waals surface area contributed by atoms with E-state index < -0.39 is 19.7 Å². The maximum Gasteiger partial charge on any atom is 0.333 e. The third kappa shape index (κ3) is 4.77. The SMILES string of the molecule is CCOP(=O)(OC(C)C1CCCCC1[N+](=O)[O-])C1CCCCC1. The first-order chi connectivity index (χ1) is 11.0. The molecule has 2 aliphatic carbocycles. The van der Waals surface area contributed by atoms with Crippen LogP contribution in [0.15, 0.2) is 0 Å². The molecule has 7 heteroatoms. The highest BCUT2D eigenvalue weighted by molar-refractivity contribution is 7.54. The van der Waals surface area contributed by atoms with Crippen molar-refractivity contribution in [3.8, 4) is 0 Å². The molecule has 0 aromatic carbocycles. The number of hydrogen-bond donors (Lipinski definition) is 0. The standard InChI is InChI=1S/C16H30NO5P/c1-3-21-23(20,14-9-5-4-6-10-14)22-13(2)15-11-7-8-12-16(15)17(18)19/h13-16H,3-12H2,1-2H3. The van der Waals surface area contributed by atoms with Crippen molar-refractivity contribution in [3.63, 3.8) is 0 Å². The highest BCUT2D eigenvalue weighted by Crippen LogP contribution is 2.59. The molecule has 0 spiro atoms. The minimum Gasteiger partial charge on any atom is -0.309 e. The van der Waals surface area contributed by atoms with Crippen LogP contribution in [-0.2, 0) is 13.6 Å². The fourth-order valence-electron chi connectivity index (χ4n) is 4.06. The van der Waals surface area contributed by atoms with E-state index in [0.717, 1.165) is 44.9 Å². The van der Waals surface area contributed by atoms with Crippen LogP contribution in [-0.4, -0.2) is 29.3 Å². The molecule has 4 atom stereocenters. The maximum absolute atomic E-state index is 13.3. The van der Waals surface area contributed by atoms with Gasteiger partial charge in [-0.1, -0.05) is 25.7 Å². The minimum absolute atomic E-state index is 0.0451. The maximum atomic E-state index is 13.3. The summed E-state index contributed by atoms with van der Waals surface area (Å²) in [5, 5.41) is 11.3. The van der Waals surface area contributed by atoms with Crippen LogP contribution in [0.3, 0.4) is 0 Å². The fraction of sp³-hybridized carbons (Fsp3) is 1.00. The van der Waals surface area contributed by atoms with Gasteiger partial charge in [0.1, 0.15) is 0 Å². The molecule has 6 nitrogen and oxygen atoms in total. The Balaban J connectivity index is 2.08. The van der Waals surface area contributed by atoms with E-state index in [9.17, 15) is 14.7 Å². The molecule has 4 unspecified atom stereocenters. The summed E-state index contributed by atoms with van der Waals surface area (Å²) in [6.07, 6.45) is 7.85. The molecule has 0 saturated heterocycles. The summed E-state index contributed by atoms with van der Waals surface area (Å²) >= 11 is 0. The smallest absolute Gasteiger partial charge is 0.309 e. The van der Waals surface area contributed by atoms with Gasteiger partial charge in [-0.2, -0.15) is 0 Å². The van der Waals surface area contributed by atoms with E-state index in [1.54, 1.807) is 0 Å². The summed E-state index contributed by atoms with van der Waals surface area (Å²) in [5.74, 6) is -0.170. The molecule has 0 aliphatic heterocycles. The van der Waals surface area contributed by atoms with Gasteiger partial charge in [0, 0.05) is 11.3 Å². The zero-order valence-corrected chi connectivity index (χ0v) is 15.2. The van der Waals surface area contributed by atoms with Gasteiger partial charge >= 0.3 is 7.60 Å². The molecule has 2 fully saturated rings. The second-order valence-electron chi connectivity index (χ2n) is 6.86. The Hall–Kier alpha value is -0.450. The van der Waals surface area contributed by atoms with Gasteiger partial charge in [0.05, 0.1) is 24.3 Å². The average molecular weight is 347 g/mol. The van der Waals surface area contributed by atoms with E-state index in [2.05, 4.69) is 0 Å². The van der Waals surface area contributed by atoms with Gasteiger partial charge in [-0.05, 0) is 39.5 Å². The second-order valence-corrected chi connectivity index (χ2v) is 9.14. The molecule has 0 amide bonds. The van der Waals surface area contributed by atoms with Crippen LogP contribution in [0.4, 0.5) is 0 Å². The highest BCUT2D eigenvalue weighted by Gasteiger charge is 2.44. The molecule has 0 aromatic rings. The highest BCUT2D eigenvalue weighted by atomic mass is 31.2. The van der Waals surface area contributed by atoms with Gasteiger partial charge in [-0.15, -0.1) is 0 Å². The lowest BCUT2D eigenvalue weighted by Crippen LogP contribution is -2.39. The molecule has 0 heterocycles. The Kier molecular flexibility index (Phi) is 7.05. The molecule has 0 radical (unpaired) electrons. The first-order valence-electron chi connectivity index (χ1n) is 9.04. The number of rotatable bonds is 7. The third-order valence-corrected chi connectivity index (χ3v) is 7.95. The van der Waals surface area contributed by atoms with E-state index in [4.69, 9.17) is 9.05 Å². The van der Waals surface area contributed by atoms with Crippen LogP contribution in [0.2, 0.25) is 0 Å². The van der Waals surface area contributed by atoms with Gasteiger partial charge in [0.2, 0.25) is 6.04 Å². The van der Waals surface area contributed by atoms with Crippen LogP contribution < -0.4 is 0 Å². The average Bonchev–Trinajstić information content (AvgIpc) is 2.55. The van der Waals surface area contributed by atoms with E-state index in [1.165, 1.54) is 6.42 Å². The number of nitro groups is 1. The number of nitrogens with zero attached hydrogens (tertiary/aromatic N) is 1. The summed E-state index contributed by atoms with van der Waals surface area (Å²) < 4.78 is 24.8. The van der Waals surface area contributed by atoms with Gasteiger partial charge < -0.3 is 9.05 Å². The van der Waals surface area contributed by atoms with Crippen molar-refractivity contribution in [2.75, 3.05) is 6.61 Å². The number of hydrogen-bond acceptors (Lipinski definition) is 5. The lowest BCUT2D eigenvalue weighted by atomic mass is 9.82. The van der Waals surface area contributed by atoms with Crippen molar-refractivity contribution < 1.29 is 18.5 Å². The van der Waals surface area contributed by atoms with E-state index in [-0.39, 0.29) is 16.5 Å². The molecular formula is C16H30NO5P. The van der Waals surface area contributed by atoms with Crippen molar-refractivity contribution >= 4 is 7.60 Å². The zero-order chi connectivity index (χ0) is 16.9. The molecule has 0 bridgehead atoms. The van der Waals surface area contributed by atoms with Crippen molar-refractivity contribution in [2.45, 2.75) is 89.4 Å². The lowest BCUT2D eigenvalue weighted by Gasteiger charge is -2.35.